The molecule has 0 N–H and O–H groups in total. The molecule has 11 heavy (non-hydrogen) atoms. The van der Waals surface area contributed by atoms with Crippen molar-refractivity contribution in [3.63, 3.8) is 0 Å². The SMILES string of the molecule is CC(C)C1=CCCCCC1=O. The Bertz CT molecular complexity index is 177. The summed E-state index contributed by atoms with van der Waals surface area (Å²) in [5.74, 6) is 0.790. The Morgan fingerprint density at radius 1 is 1.36 bits per heavy atom. The fourth-order valence-electron chi connectivity index (χ4n) is 1.50. The molecule has 0 aromatic rings. The van der Waals surface area contributed by atoms with E-state index in [1.807, 2.05) is 0 Å². The Kier molecular flexibility index (Phi) is 2.86. The molecular weight excluding hydrogens is 136 g/mol. The van der Waals surface area contributed by atoms with E-state index in [2.05, 4.69) is 19.9 Å². The third-order valence-electron chi connectivity index (χ3n) is 2.17. The standard InChI is InChI=1S/C10H16O/c1-8(2)9-6-4-3-5-7-10(9)11/h6,8H,3-5,7H2,1-2H3. The van der Waals surface area contributed by atoms with Crippen LogP contribution in [0.1, 0.15) is 39.5 Å². The summed E-state index contributed by atoms with van der Waals surface area (Å²) in [5, 5.41) is 0. The smallest absolute Gasteiger partial charge is 0.158 e. The van der Waals surface area contributed by atoms with E-state index in [9.17, 15) is 4.79 Å². The van der Waals surface area contributed by atoms with Crippen LogP contribution in [0.4, 0.5) is 0 Å². The van der Waals surface area contributed by atoms with Crippen molar-refractivity contribution < 1.29 is 4.79 Å². The zero-order valence-electron chi connectivity index (χ0n) is 7.39. The fraction of sp³-hybridized carbons (Fsp3) is 0.700. The van der Waals surface area contributed by atoms with E-state index in [0.29, 0.717) is 11.7 Å². The van der Waals surface area contributed by atoms with E-state index in [-0.39, 0.29) is 0 Å². The molecule has 0 unspecified atom stereocenters. The highest BCUT2D eigenvalue weighted by atomic mass is 16.1. The second-order valence-electron chi connectivity index (χ2n) is 3.48. The van der Waals surface area contributed by atoms with Gasteiger partial charge in [0.05, 0.1) is 0 Å². The van der Waals surface area contributed by atoms with Gasteiger partial charge in [0.25, 0.3) is 0 Å². The third kappa shape index (κ3) is 2.18. The van der Waals surface area contributed by atoms with E-state index in [1.54, 1.807) is 0 Å². The molecule has 0 heterocycles. The normalized spacial score (nSPS) is 19.9. The van der Waals surface area contributed by atoms with Crippen molar-refractivity contribution >= 4 is 5.78 Å². The van der Waals surface area contributed by atoms with Crippen LogP contribution in [0, 0.1) is 5.92 Å². The van der Waals surface area contributed by atoms with Crippen molar-refractivity contribution in [1.82, 2.24) is 0 Å². The Balaban J connectivity index is 2.71. The molecule has 0 saturated heterocycles. The highest BCUT2D eigenvalue weighted by Crippen LogP contribution is 2.19. The van der Waals surface area contributed by atoms with E-state index in [1.165, 1.54) is 6.42 Å². The molecule has 1 rings (SSSR count). The van der Waals surface area contributed by atoms with E-state index < -0.39 is 0 Å². The predicted octanol–water partition coefficient (Wildman–Crippen LogP) is 2.71. The number of ketones is 1. The number of carbonyl (C=O) groups excluding carboxylic acids is 1. The maximum Gasteiger partial charge on any atom is 0.158 e. The molecule has 1 nitrogen and oxygen atoms in total. The predicted molar refractivity (Wildman–Crippen MR) is 46.4 cm³/mol. The number of hydrogen-bond donors (Lipinski definition) is 0. The summed E-state index contributed by atoms with van der Waals surface area (Å²) in [4.78, 5) is 11.4. The average Bonchev–Trinajstić information content (AvgIpc) is 2.13. The van der Waals surface area contributed by atoms with Gasteiger partial charge in [0.2, 0.25) is 0 Å². The van der Waals surface area contributed by atoms with Gasteiger partial charge in [-0.1, -0.05) is 19.9 Å². The maximum atomic E-state index is 11.4. The zero-order chi connectivity index (χ0) is 8.27. The first-order chi connectivity index (χ1) is 5.22. The highest BCUT2D eigenvalue weighted by Gasteiger charge is 2.14. The van der Waals surface area contributed by atoms with Gasteiger partial charge in [-0.15, -0.1) is 0 Å². The van der Waals surface area contributed by atoms with E-state index >= 15 is 0 Å². The molecule has 0 fully saturated rings. The van der Waals surface area contributed by atoms with Crippen LogP contribution >= 0.6 is 0 Å². The van der Waals surface area contributed by atoms with E-state index in [0.717, 1.165) is 24.8 Å². The topological polar surface area (TPSA) is 17.1 Å². The first kappa shape index (κ1) is 8.51. The molecule has 1 heteroatoms. The van der Waals surface area contributed by atoms with Gasteiger partial charge in [-0.05, 0) is 30.8 Å². The van der Waals surface area contributed by atoms with Crippen LogP contribution in [0.3, 0.4) is 0 Å². The summed E-state index contributed by atoms with van der Waals surface area (Å²) in [5.41, 5.74) is 1.06. The third-order valence-corrected chi connectivity index (χ3v) is 2.17. The zero-order valence-corrected chi connectivity index (χ0v) is 7.39. The van der Waals surface area contributed by atoms with Gasteiger partial charge in [-0.25, -0.2) is 0 Å². The first-order valence-corrected chi connectivity index (χ1v) is 4.45. The van der Waals surface area contributed by atoms with Gasteiger partial charge in [-0.3, -0.25) is 4.79 Å². The van der Waals surface area contributed by atoms with Gasteiger partial charge in [0.15, 0.2) is 5.78 Å². The number of hydrogen-bond acceptors (Lipinski definition) is 1. The highest BCUT2D eigenvalue weighted by molar-refractivity contribution is 5.95. The maximum absolute atomic E-state index is 11.4. The summed E-state index contributed by atoms with van der Waals surface area (Å²) >= 11 is 0. The van der Waals surface area contributed by atoms with Crippen molar-refractivity contribution in [1.29, 1.82) is 0 Å². The van der Waals surface area contributed by atoms with Crippen molar-refractivity contribution in [2.75, 3.05) is 0 Å². The van der Waals surface area contributed by atoms with Crippen LogP contribution in [0.2, 0.25) is 0 Å². The average molecular weight is 152 g/mol. The lowest BCUT2D eigenvalue weighted by Crippen LogP contribution is -2.06. The second kappa shape index (κ2) is 3.70. The monoisotopic (exact) mass is 152 g/mol. The molecule has 0 aliphatic heterocycles. The van der Waals surface area contributed by atoms with Crippen LogP contribution < -0.4 is 0 Å². The largest absolute Gasteiger partial charge is 0.295 e. The molecule has 0 spiro atoms. The number of Topliss-reactive ketones (excluding diaryl/α,β-unsaturated/α-hetero) is 1. The summed E-state index contributed by atoms with van der Waals surface area (Å²) in [6.07, 6.45) is 6.25. The summed E-state index contributed by atoms with van der Waals surface area (Å²) in [6, 6.07) is 0. The van der Waals surface area contributed by atoms with Crippen LogP contribution in [-0.2, 0) is 4.79 Å². The Morgan fingerprint density at radius 3 is 2.73 bits per heavy atom. The van der Waals surface area contributed by atoms with Gasteiger partial charge in [0.1, 0.15) is 0 Å². The van der Waals surface area contributed by atoms with Crippen LogP contribution in [-0.4, -0.2) is 5.78 Å². The Hall–Kier alpha value is -0.590. The van der Waals surface area contributed by atoms with E-state index in [4.69, 9.17) is 0 Å². The van der Waals surface area contributed by atoms with Crippen molar-refractivity contribution in [3.8, 4) is 0 Å². The minimum Gasteiger partial charge on any atom is -0.295 e. The molecule has 0 amide bonds. The van der Waals surface area contributed by atoms with Gasteiger partial charge < -0.3 is 0 Å². The first-order valence-electron chi connectivity index (χ1n) is 4.45. The minimum absolute atomic E-state index is 0.373. The molecule has 0 aromatic carbocycles. The van der Waals surface area contributed by atoms with Gasteiger partial charge in [0, 0.05) is 6.42 Å². The van der Waals surface area contributed by atoms with Crippen molar-refractivity contribution in [2.45, 2.75) is 39.5 Å². The lowest BCUT2D eigenvalue weighted by atomic mass is 9.98. The van der Waals surface area contributed by atoms with Gasteiger partial charge >= 0.3 is 0 Å². The number of rotatable bonds is 1. The molecule has 1 aliphatic carbocycles. The van der Waals surface area contributed by atoms with Crippen LogP contribution in [0.5, 0.6) is 0 Å². The molecule has 0 aromatic heterocycles. The Labute approximate surface area is 68.5 Å². The summed E-state index contributed by atoms with van der Waals surface area (Å²) in [7, 11) is 0. The molecule has 0 saturated carbocycles. The molecule has 1 aliphatic rings. The van der Waals surface area contributed by atoms with Gasteiger partial charge in [-0.2, -0.15) is 0 Å². The van der Waals surface area contributed by atoms with Crippen molar-refractivity contribution in [2.24, 2.45) is 5.92 Å². The lowest BCUT2D eigenvalue weighted by Gasteiger charge is -2.06. The van der Waals surface area contributed by atoms with Crippen LogP contribution in [0.15, 0.2) is 11.6 Å². The molecule has 0 radical (unpaired) electrons. The minimum atomic E-state index is 0.373. The summed E-state index contributed by atoms with van der Waals surface area (Å²) in [6.45, 7) is 4.18. The lowest BCUT2D eigenvalue weighted by molar-refractivity contribution is -0.116. The molecular formula is C10H16O. The van der Waals surface area contributed by atoms with Crippen LogP contribution in [0.25, 0.3) is 0 Å². The second-order valence-corrected chi connectivity index (χ2v) is 3.48. The number of allylic oxidation sites excluding steroid dienone is 2. The quantitative estimate of drug-likeness (QED) is 0.564. The molecule has 0 bridgehead atoms. The molecule has 62 valence electrons. The molecule has 0 atom stereocenters. The fourth-order valence-corrected chi connectivity index (χ4v) is 1.50. The Morgan fingerprint density at radius 2 is 2.09 bits per heavy atom. The van der Waals surface area contributed by atoms with Crippen molar-refractivity contribution in [3.05, 3.63) is 11.6 Å². The number of carbonyl (C=O) groups is 1. The summed E-state index contributed by atoms with van der Waals surface area (Å²) < 4.78 is 0.